The van der Waals surface area contributed by atoms with Gasteiger partial charge >= 0.3 is 0 Å². The van der Waals surface area contributed by atoms with Crippen LogP contribution in [0.1, 0.15) is 28.9 Å². The number of rotatable bonds is 5. The number of nitrogens with zero attached hydrogens (tertiary/aromatic N) is 1. The van der Waals surface area contributed by atoms with E-state index in [1.165, 1.54) is 5.56 Å². The maximum Gasteiger partial charge on any atom is 0.273 e. The molecule has 1 fully saturated rings. The van der Waals surface area contributed by atoms with Crippen LogP contribution >= 0.6 is 15.9 Å². The Balaban J connectivity index is 1.50. The number of hydrogen-bond donors (Lipinski definition) is 1. The summed E-state index contributed by atoms with van der Waals surface area (Å²) in [5.41, 5.74) is 2.24. The second-order valence-corrected chi connectivity index (χ2v) is 7.94. The molecule has 1 aliphatic rings. The third-order valence-corrected chi connectivity index (χ3v) is 5.77. The Morgan fingerprint density at radius 2 is 1.86 bits per heavy atom. The van der Waals surface area contributed by atoms with Gasteiger partial charge in [-0.15, -0.1) is 0 Å². The van der Waals surface area contributed by atoms with Crippen molar-refractivity contribution in [2.45, 2.75) is 18.3 Å². The molecule has 0 atom stereocenters. The van der Waals surface area contributed by atoms with Gasteiger partial charge in [0, 0.05) is 41.3 Å². The molecule has 144 valence electrons. The highest BCUT2D eigenvalue weighted by Gasteiger charge is 2.35. The van der Waals surface area contributed by atoms with Crippen molar-refractivity contribution in [3.63, 3.8) is 0 Å². The normalized spacial score (nSPS) is 15.9. The van der Waals surface area contributed by atoms with Crippen molar-refractivity contribution in [2.24, 2.45) is 0 Å². The number of nitrogens with one attached hydrogen (secondary N) is 1. The van der Waals surface area contributed by atoms with E-state index in [4.69, 9.17) is 9.26 Å². The van der Waals surface area contributed by atoms with Gasteiger partial charge in [-0.05, 0) is 30.5 Å². The summed E-state index contributed by atoms with van der Waals surface area (Å²) in [7, 11) is 0. The van der Waals surface area contributed by atoms with Crippen LogP contribution in [0.25, 0.3) is 11.3 Å². The highest BCUT2D eigenvalue weighted by atomic mass is 79.9. The summed E-state index contributed by atoms with van der Waals surface area (Å²) < 4.78 is 12.0. The van der Waals surface area contributed by atoms with Gasteiger partial charge in [-0.3, -0.25) is 4.79 Å². The zero-order chi connectivity index (χ0) is 19.4. The molecule has 2 aromatic carbocycles. The summed E-state index contributed by atoms with van der Waals surface area (Å²) in [4.78, 5) is 12.7. The van der Waals surface area contributed by atoms with E-state index in [1.54, 1.807) is 6.07 Å². The first-order valence-electron chi connectivity index (χ1n) is 9.30. The summed E-state index contributed by atoms with van der Waals surface area (Å²) in [5.74, 6) is 0.352. The Morgan fingerprint density at radius 3 is 2.61 bits per heavy atom. The second kappa shape index (κ2) is 8.29. The van der Waals surface area contributed by atoms with Crippen LogP contribution in [-0.4, -0.2) is 30.8 Å². The quantitative estimate of drug-likeness (QED) is 0.630. The standard InChI is InChI=1S/C22H21BrN2O3/c23-18-8-4-7-17(13-18)22(9-11-27-12-10-22)15-24-21(26)19-14-20(28-25-19)16-5-2-1-3-6-16/h1-8,13-14H,9-12,15H2,(H,24,26). The summed E-state index contributed by atoms with van der Waals surface area (Å²) in [6.07, 6.45) is 1.72. The van der Waals surface area contributed by atoms with Crippen molar-refractivity contribution in [3.8, 4) is 11.3 Å². The maximum atomic E-state index is 12.7. The van der Waals surface area contributed by atoms with E-state index in [1.807, 2.05) is 42.5 Å². The van der Waals surface area contributed by atoms with Crippen molar-refractivity contribution >= 4 is 21.8 Å². The van der Waals surface area contributed by atoms with E-state index in [0.717, 1.165) is 22.9 Å². The zero-order valence-corrected chi connectivity index (χ0v) is 16.9. The molecule has 1 aliphatic heterocycles. The number of amides is 1. The lowest BCUT2D eigenvalue weighted by molar-refractivity contribution is 0.0486. The summed E-state index contributed by atoms with van der Waals surface area (Å²) in [6.45, 7) is 1.90. The molecule has 1 N–H and O–H groups in total. The molecule has 0 saturated carbocycles. The molecule has 4 rings (SSSR count). The smallest absolute Gasteiger partial charge is 0.273 e. The molecule has 5 nitrogen and oxygen atoms in total. The van der Waals surface area contributed by atoms with E-state index in [-0.39, 0.29) is 17.0 Å². The first-order valence-corrected chi connectivity index (χ1v) is 10.1. The van der Waals surface area contributed by atoms with Crippen LogP contribution in [0.5, 0.6) is 0 Å². The molecule has 0 bridgehead atoms. The highest BCUT2D eigenvalue weighted by molar-refractivity contribution is 9.10. The van der Waals surface area contributed by atoms with Gasteiger partial charge in [0.1, 0.15) is 0 Å². The van der Waals surface area contributed by atoms with E-state index in [9.17, 15) is 4.79 Å². The Labute approximate surface area is 172 Å². The first kappa shape index (κ1) is 18.9. The van der Waals surface area contributed by atoms with Gasteiger partial charge in [0.2, 0.25) is 0 Å². The van der Waals surface area contributed by atoms with Crippen molar-refractivity contribution in [1.29, 1.82) is 0 Å². The fourth-order valence-electron chi connectivity index (χ4n) is 3.61. The molecule has 1 saturated heterocycles. The van der Waals surface area contributed by atoms with Crippen LogP contribution in [0, 0.1) is 0 Å². The molecule has 0 spiro atoms. The molecule has 0 aliphatic carbocycles. The van der Waals surface area contributed by atoms with Crippen LogP contribution in [0.2, 0.25) is 0 Å². The van der Waals surface area contributed by atoms with Crippen LogP contribution in [0.4, 0.5) is 0 Å². The van der Waals surface area contributed by atoms with Gasteiger partial charge in [-0.25, -0.2) is 0 Å². The minimum absolute atomic E-state index is 0.149. The summed E-state index contributed by atoms with van der Waals surface area (Å²) >= 11 is 3.55. The molecule has 6 heteroatoms. The minimum atomic E-state index is -0.230. The number of halogens is 1. The lowest BCUT2D eigenvalue weighted by Crippen LogP contribution is -2.44. The van der Waals surface area contributed by atoms with Gasteiger partial charge in [-0.2, -0.15) is 0 Å². The molecular weight excluding hydrogens is 420 g/mol. The molecular formula is C22H21BrN2O3. The number of aromatic nitrogens is 1. The van der Waals surface area contributed by atoms with Gasteiger partial charge in [-0.1, -0.05) is 63.6 Å². The van der Waals surface area contributed by atoms with E-state index in [2.05, 4.69) is 38.5 Å². The van der Waals surface area contributed by atoms with Crippen LogP contribution in [0.15, 0.2) is 69.7 Å². The van der Waals surface area contributed by atoms with Gasteiger partial charge in [0.25, 0.3) is 5.91 Å². The van der Waals surface area contributed by atoms with Crippen molar-refractivity contribution in [2.75, 3.05) is 19.8 Å². The van der Waals surface area contributed by atoms with Gasteiger partial charge in [0.15, 0.2) is 11.5 Å². The largest absolute Gasteiger partial charge is 0.381 e. The topological polar surface area (TPSA) is 64.4 Å². The van der Waals surface area contributed by atoms with E-state index >= 15 is 0 Å². The van der Waals surface area contributed by atoms with Crippen LogP contribution < -0.4 is 5.32 Å². The Hall–Kier alpha value is -2.44. The molecule has 1 aromatic heterocycles. The third-order valence-electron chi connectivity index (χ3n) is 5.28. The van der Waals surface area contributed by atoms with Gasteiger partial charge < -0.3 is 14.6 Å². The molecule has 0 radical (unpaired) electrons. The number of hydrogen-bond acceptors (Lipinski definition) is 4. The van der Waals surface area contributed by atoms with Gasteiger partial charge in [0.05, 0.1) is 0 Å². The Bertz CT molecular complexity index is 949. The number of carbonyl (C=O) groups excluding carboxylic acids is 1. The number of benzene rings is 2. The zero-order valence-electron chi connectivity index (χ0n) is 15.4. The monoisotopic (exact) mass is 440 g/mol. The molecule has 3 aromatic rings. The van der Waals surface area contributed by atoms with Crippen molar-refractivity contribution in [1.82, 2.24) is 10.5 Å². The Kier molecular flexibility index (Phi) is 5.59. The lowest BCUT2D eigenvalue weighted by Gasteiger charge is -2.38. The van der Waals surface area contributed by atoms with Crippen molar-refractivity contribution in [3.05, 3.63) is 76.4 Å². The molecule has 0 unspecified atom stereocenters. The number of ether oxygens (including phenoxy) is 1. The molecule has 2 heterocycles. The lowest BCUT2D eigenvalue weighted by atomic mass is 9.74. The third kappa shape index (κ3) is 4.03. The fraction of sp³-hybridized carbons (Fsp3) is 0.273. The van der Waals surface area contributed by atoms with Crippen LogP contribution in [0.3, 0.4) is 0 Å². The average molecular weight is 441 g/mol. The van der Waals surface area contributed by atoms with Crippen molar-refractivity contribution < 1.29 is 14.1 Å². The summed E-state index contributed by atoms with van der Waals surface area (Å²) in [6, 6.07) is 19.6. The second-order valence-electron chi connectivity index (χ2n) is 7.03. The maximum absolute atomic E-state index is 12.7. The predicted octanol–water partition coefficient (Wildman–Crippen LogP) is 4.58. The summed E-state index contributed by atoms with van der Waals surface area (Å²) in [5, 5.41) is 7.01. The SMILES string of the molecule is O=C(NCC1(c2cccc(Br)c2)CCOCC1)c1cc(-c2ccccc2)on1. The highest BCUT2D eigenvalue weighted by Crippen LogP contribution is 2.35. The number of carbonyl (C=O) groups is 1. The molecule has 1 amide bonds. The molecule has 28 heavy (non-hydrogen) atoms. The minimum Gasteiger partial charge on any atom is -0.381 e. The van der Waals surface area contributed by atoms with Crippen LogP contribution in [-0.2, 0) is 10.2 Å². The van der Waals surface area contributed by atoms with E-state index < -0.39 is 0 Å². The van der Waals surface area contributed by atoms with E-state index in [0.29, 0.717) is 25.5 Å². The average Bonchev–Trinajstić information content (AvgIpc) is 3.24. The fourth-order valence-corrected chi connectivity index (χ4v) is 4.01. The predicted molar refractivity (Wildman–Crippen MR) is 110 cm³/mol. The Morgan fingerprint density at radius 1 is 1.07 bits per heavy atom. The first-order chi connectivity index (χ1) is 13.7.